The third-order valence-electron chi connectivity index (χ3n) is 2.63. The van der Waals surface area contributed by atoms with Crippen molar-refractivity contribution >= 4 is 5.96 Å². The van der Waals surface area contributed by atoms with E-state index >= 15 is 0 Å². The van der Waals surface area contributed by atoms with Gasteiger partial charge >= 0.3 is 0 Å². The van der Waals surface area contributed by atoms with E-state index in [9.17, 15) is 0 Å². The predicted octanol–water partition coefficient (Wildman–Crippen LogP) is 1.02. The van der Waals surface area contributed by atoms with Crippen LogP contribution in [0.4, 0.5) is 0 Å². The molecule has 0 atom stereocenters. The van der Waals surface area contributed by atoms with E-state index in [-0.39, 0.29) is 0 Å². The summed E-state index contributed by atoms with van der Waals surface area (Å²) in [6.45, 7) is 7.46. The Bertz CT molecular complexity index is 226. The highest BCUT2D eigenvalue weighted by Crippen LogP contribution is 1.88. The third-order valence-corrected chi connectivity index (χ3v) is 2.63. The fourth-order valence-corrected chi connectivity index (χ4v) is 1.53. The number of unbranched alkanes of at least 4 members (excludes halogenated alkanes) is 1. The minimum Gasteiger partial charge on any atom is -0.382 e. The van der Waals surface area contributed by atoms with Gasteiger partial charge < -0.3 is 24.8 Å². The number of ether oxygens (including phenoxy) is 3. The number of hydrogen-bond acceptors (Lipinski definition) is 4. The van der Waals surface area contributed by atoms with Gasteiger partial charge in [-0.3, -0.25) is 4.99 Å². The van der Waals surface area contributed by atoms with Gasteiger partial charge in [-0.2, -0.15) is 0 Å². The van der Waals surface area contributed by atoms with Crippen LogP contribution in [0.25, 0.3) is 0 Å². The SMILES string of the molecule is CCOCCCCNC(=NC)NCCCOCCOC. The first-order chi connectivity index (χ1) is 9.85. The van der Waals surface area contributed by atoms with Crippen LogP contribution in [0, 0.1) is 0 Å². The molecule has 0 unspecified atom stereocenters. The third kappa shape index (κ3) is 13.6. The Morgan fingerprint density at radius 3 is 2.25 bits per heavy atom. The second-order valence-corrected chi connectivity index (χ2v) is 4.29. The highest BCUT2D eigenvalue weighted by molar-refractivity contribution is 5.79. The number of nitrogens with zero attached hydrogens (tertiary/aromatic N) is 1. The Morgan fingerprint density at radius 1 is 0.900 bits per heavy atom. The summed E-state index contributed by atoms with van der Waals surface area (Å²) in [7, 11) is 3.46. The Balaban J connectivity index is 3.35. The molecule has 2 N–H and O–H groups in total. The summed E-state index contributed by atoms with van der Waals surface area (Å²) in [5.41, 5.74) is 0. The largest absolute Gasteiger partial charge is 0.382 e. The molecule has 0 heterocycles. The molecule has 0 spiro atoms. The van der Waals surface area contributed by atoms with Crippen LogP contribution in [0.3, 0.4) is 0 Å². The number of hydrogen-bond donors (Lipinski definition) is 2. The van der Waals surface area contributed by atoms with Gasteiger partial charge in [0.15, 0.2) is 5.96 Å². The average molecular weight is 289 g/mol. The molecule has 0 radical (unpaired) electrons. The van der Waals surface area contributed by atoms with Crippen molar-refractivity contribution < 1.29 is 14.2 Å². The summed E-state index contributed by atoms with van der Waals surface area (Å²) >= 11 is 0. The summed E-state index contributed by atoms with van der Waals surface area (Å²) in [5, 5.41) is 6.54. The van der Waals surface area contributed by atoms with Crippen molar-refractivity contribution in [1.82, 2.24) is 10.6 Å². The fraction of sp³-hybridized carbons (Fsp3) is 0.929. The quantitative estimate of drug-likeness (QED) is 0.301. The average Bonchev–Trinajstić information content (AvgIpc) is 2.47. The first kappa shape index (κ1) is 19.1. The van der Waals surface area contributed by atoms with Crippen molar-refractivity contribution in [3.8, 4) is 0 Å². The highest BCUT2D eigenvalue weighted by Gasteiger charge is 1.96. The molecule has 0 aliphatic carbocycles. The maximum Gasteiger partial charge on any atom is 0.190 e. The molecular formula is C14H31N3O3. The standard InChI is InChI=1S/C14H31N3O3/c1-4-19-10-6-5-8-16-14(15-2)17-9-7-11-20-13-12-18-3/h4-13H2,1-3H3,(H2,15,16,17). The molecular weight excluding hydrogens is 258 g/mol. The lowest BCUT2D eigenvalue weighted by Gasteiger charge is -2.11. The van der Waals surface area contributed by atoms with Gasteiger partial charge in [-0.25, -0.2) is 0 Å². The molecule has 6 heteroatoms. The topological polar surface area (TPSA) is 64.1 Å². The second kappa shape index (κ2) is 16.2. The normalized spacial score (nSPS) is 11.7. The zero-order valence-corrected chi connectivity index (χ0v) is 13.2. The van der Waals surface area contributed by atoms with E-state index < -0.39 is 0 Å². The summed E-state index contributed by atoms with van der Waals surface area (Å²) in [4.78, 5) is 4.17. The molecule has 0 rings (SSSR count). The number of rotatable bonds is 13. The zero-order valence-electron chi connectivity index (χ0n) is 13.2. The van der Waals surface area contributed by atoms with Crippen molar-refractivity contribution in [3.05, 3.63) is 0 Å². The van der Waals surface area contributed by atoms with Crippen molar-refractivity contribution in [3.63, 3.8) is 0 Å². The van der Waals surface area contributed by atoms with E-state index in [1.807, 2.05) is 6.92 Å². The molecule has 0 saturated carbocycles. The first-order valence-corrected chi connectivity index (χ1v) is 7.44. The summed E-state index contributed by atoms with van der Waals surface area (Å²) in [6.07, 6.45) is 3.11. The molecule has 0 aromatic heterocycles. The smallest absolute Gasteiger partial charge is 0.190 e. The van der Waals surface area contributed by atoms with Crippen LogP contribution >= 0.6 is 0 Å². The van der Waals surface area contributed by atoms with E-state index in [1.54, 1.807) is 14.2 Å². The summed E-state index contributed by atoms with van der Waals surface area (Å²) < 4.78 is 15.6. The Hall–Kier alpha value is -0.850. The van der Waals surface area contributed by atoms with Gasteiger partial charge in [-0.15, -0.1) is 0 Å². The number of methoxy groups -OCH3 is 1. The van der Waals surface area contributed by atoms with Crippen LogP contribution in [0.15, 0.2) is 4.99 Å². The van der Waals surface area contributed by atoms with Crippen LogP contribution in [-0.4, -0.2) is 66.2 Å². The highest BCUT2D eigenvalue weighted by atomic mass is 16.5. The van der Waals surface area contributed by atoms with Crippen LogP contribution in [0.1, 0.15) is 26.2 Å². The van der Waals surface area contributed by atoms with Crippen molar-refractivity contribution in [1.29, 1.82) is 0 Å². The number of guanidine groups is 1. The first-order valence-electron chi connectivity index (χ1n) is 7.44. The van der Waals surface area contributed by atoms with Crippen molar-refractivity contribution in [2.45, 2.75) is 26.2 Å². The maximum absolute atomic E-state index is 5.39. The summed E-state index contributed by atoms with van der Waals surface area (Å²) in [6, 6.07) is 0. The lowest BCUT2D eigenvalue weighted by molar-refractivity contribution is 0.0698. The van der Waals surface area contributed by atoms with Gasteiger partial charge in [0.1, 0.15) is 0 Å². The molecule has 0 aromatic rings. The molecule has 20 heavy (non-hydrogen) atoms. The summed E-state index contributed by atoms with van der Waals surface area (Å²) in [5.74, 6) is 0.846. The van der Waals surface area contributed by atoms with Crippen molar-refractivity contribution in [2.75, 3.05) is 60.3 Å². The Labute approximate surface area is 123 Å². The van der Waals surface area contributed by atoms with Crippen LogP contribution < -0.4 is 10.6 Å². The zero-order chi connectivity index (χ0) is 14.9. The molecule has 0 aliphatic rings. The predicted molar refractivity (Wildman–Crippen MR) is 82.4 cm³/mol. The van der Waals surface area contributed by atoms with Gasteiger partial charge in [0.2, 0.25) is 0 Å². The minimum absolute atomic E-state index is 0.651. The number of nitrogens with one attached hydrogen (secondary N) is 2. The molecule has 0 fully saturated rings. The second-order valence-electron chi connectivity index (χ2n) is 4.29. The maximum atomic E-state index is 5.39. The van der Waals surface area contributed by atoms with E-state index in [0.29, 0.717) is 13.2 Å². The lowest BCUT2D eigenvalue weighted by Crippen LogP contribution is -2.38. The van der Waals surface area contributed by atoms with E-state index in [0.717, 1.165) is 58.1 Å². The van der Waals surface area contributed by atoms with Gasteiger partial charge in [0.05, 0.1) is 13.2 Å². The van der Waals surface area contributed by atoms with Gasteiger partial charge in [0, 0.05) is 47.1 Å². The molecule has 120 valence electrons. The van der Waals surface area contributed by atoms with Gasteiger partial charge in [0.25, 0.3) is 0 Å². The number of aliphatic imine (C=N–C) groups is 1. The molecule has 0 aromatic carbocycles. The molecule has 0 amide bonds. The molecule has 0 aliphatic heterocycles. The van der Waals surface area contributed by atoms with Crippen LogP contribution in [0.2, 0.25) is 0 Å². The Kier molecular flexibility index (Phi) is 15.5. The minimum atomic E-state index is 0.651. The Morgan fingerprint density at radius 2 is 1.60 bits per heavy atom. The monoisotopic (exact) mass is 289 g/mol. The molecule has 0 saturated heterocycles. The van der Waals surface area contributed by atoms with E-state index in [2.05, 4.69) is 15.6 Å². The van der Waals surface area contributed by atoms with E-state index in [1.165, 1.54) is 0 Å². The van der Waals surface area contributed by atoms with Crippen LogP contribution in [-0.2, 0) is 14.2 Å². The fourth-order valence-electron chi connectivity index (χ4n) is 1.53. The van der Waals surface area contributed by atoms with Crippen LogP contribution in [0.5, 0.6) is 0 Å². The molecule has 0 bridgehead atoms. The van der Waals surface area contributed by atoms with Gasteiger partial charge in [-0.1, -0.05) is 0 Å². The van der Waals surface area contributed by atoms with Gasteiger partial charge in [-0.05, 0) is 26.2 Å². The lowest BCUT2D eigenvalue weighted by atomic mass is 10.3. The van der Waals surface area contributed by atoms with Crippen molar-refractivity contribution in [2.24, 2.45) is 4.99 Å². The molecule has 6 nitrogen and oxygen atoms in total. The van der Waals surface area contributed by atoms with E-state index in [4.69, 9.17) is 14.2 Å².